The van der Waals surface area contributed by atoms with Gasteiger partial charge in [0.05, 0.1) is 6.04 Å². The summed E-state index contributed by atoms with van der Waals surface area (Å²) in [4.78, 5) is 14.8. The fourth-order valence-electron chi connectivity index (χ4n) is 3.00. The van der Waals surface area contributed by atoms with E-state index in [0.29, 0.717) is 6.04 Å². The fourth-order valence-corrected chi connectivity index (χ4v) is 3.00. The second-order valence-electron chi connectivity index (χ2n) is 5.62. The number of nitrogens with zero attached hydrogens (tertiary/aromatic N) is 1. The smallest absolute Gasteiger partial charge is 0.179 e. The summed E-state index contributed by atoms with van der Waals surface area (Å²) in [6.45, 7) is 7.63. The van der Waals surface area contributed by atoms with E-state index in [-0.39, 0.29) is 11.8 Å². The highest BCUT2D eigenvalue weighted by Crippen LogP contribution is 2.25. The van der Waals surface area contributed by atoms with Crippen LogP contribution in [0.25, 0.3) is 0 Å². The van der Waals surface area contributed by atoms with Crippen molar-refractivity contribution in [1.82, 2.24) is 4.90 Å². The minimum Gasteiger partial charge on any atom is -0.292 e. The van der Waals surface area contributed by atoms with Crippen molar-refractivity contribution in [3.8, 4) is 0 Å². The maximum absolute atomic E-state index is 12.4. The number of Topliss-reactive ketones (excluding diaryl/α,β-unsaturated/α-hetero) is 1. The lowest BCUT2D eigenvalue weighted by molar-refractivity contribution is 0.0628. The first-order valence-corrected chi connectivity index (χ1v) is 6.94. The number of hydrogen-bond acceptors (Lipinski definition) is 2. The van der Waals surface area contributed by atoms with Crippen molar-refractivity contribution in [3.05, 3.63) is 35.9 Å². The minimum absolute atomic E-state index is 0.00472. The Bertz CT molecular complexity index is 401. The van der Waals surface area contributed by atoms with Crippen LogP contribution in [0.4, 0.5) is 0 Å². The molecule has 0 aliphatic carbocycles. The number of carbonyl (C=O) groups excluding carboxylic acids is 1. The predicted molar refractivity (Wildman–Crippen MR) is 74.8 cm³/mol. The molecule has 0 N–H and O–H groups in total. The maximum atomic E-state index is 12.4. The zero-order valence-electron chi connectivity index (χ0n) is 11.6. The van der Waals surface area contributed by atoms with Crippen molar-refractivity contribution in [2.24, 2.45) is 5.92 Å². The second-order valence-corrected chi connectivity index (χ2v) is 5.62. The first kappa shape index (κ1) is 13.3. The van der Waals surface area contributed by atoms with Crippen molar-refractivity contribution < 1.29 is 4.79 Å². The quantitative estimate of drug-likeness (QED) is 0.761. The standard InChI is InChI=1S/C16H23NO/c1-12-9-10-17(13(2)11-12)14(3)16(18)15-7-5-4-6-8-15/h4-8,12-14H,9-11H2,1-3H3. The van der Waals surface area contributed by atoms with Gasteiger partial charge in [0.25, 0.3) is 0 Å². The van der Waals surface area contributed by atoms with Gasteiger partial charge in [-0.25, -0.2) is 0 Å². The average Bonchev–Trinajstić information content (AvgIpc) is 2.38. The topological polar surface area (TPSA) is 20.3 Å². The third-order valence-electron chi connectivity index (χ3n) is 4.12. The molecule has 1 aliphatic rings. The van der Waals surface area contributed by atoms with Gasteiger partial charge in [0, 0.05) is 11.6 Å². The Balaban J connectivity index is 2.07. The van der Waals surface area contributed by atoms with Crippen LogP contribution in [0, 0.1) is 5.92 Å². The normalized spacial score (nSPS) is 26.8. The van der Waals surface area contributed by atoms with Gasteiger partial charge in [0.15, 0.2) is 5.78 Å². The van der Waals surface area contributed by atoms with Crippen molar-refractivity contribution in [2.45, 2.75) is 45.7 Å². The van der Waals surface area contributed by atoms with Crippen LogP contribution in [0.3, 0.4) is 0 Å². The molecule has 1 heterocycles. The van der Waals surface area contributed by atoms with Crippen molar-refractivity contribution in [2.75, 3.05) is 6.54 Å². The maximum Gasteiger partial charge on any atom is 0.179 e. The molecule has 1 aliphatic heterocycles. The van der Waals surface area contributed by atoms with E-state index in [4.69, 9.17) is 0 Å². The number of piperidine rings is 1. The summed E-state index contributed by atoms with van der Waals surface area (Å²) < 4.78 is 0. The van der Waals surface area contributed by atoms with E-state index in [1.54, 1.807) is 0 Å². The van der Waals surface area contributed by atoms with Crippen LogP contribution in [0.1, 0.15) is 44.0 Å². The molecule has 0 amide bonds. The molecule has 3 unspecified atom stereocenters. The summed E-state index contributed by atoms with van der Waals surface area (Å²) in [7, 11) is 0. The molecule has 98 valence electrons. The van der Waals surface area contributed by atoms with E-state index in [9.17, 15) is 4.79 Å². The van der Waals surface area contributed by atoms with Gasteiger partial charge in [0.2, 0.25) is 0 Å². The van der Waals surface area contributed by atoms with Gasteiger partial charge >= 0.3 is 0 Å². The van der Waals surface area contributed by atoms with E-state index in [1.165, 1.54) is 12.8 Å². The summed E-state index contributed by atoms with van der Waals surface area (Å²) in [5.74, 6) is 1.03. The number of benzene rings is 1. The van der Waals surface area contributed by atoms with Gasteiger partial charge < -0.3 is 0 Å². The van der Waals surface area contributed by atoms with Gasteiger partial charge in [-0.05, 0) is 39.2 Å². The molecular formula is C16H23NO. The van der Waals surface area contributed by atoms with Crippen molar-refractivity contribution in [3.63, 3.8) is 0 Å². The summed E-state index contributed by atoms with van der Waals surface area (Å²) >= 11 is 0. The molecule has 1 aromatic rings. The van der Waals surface area contributed by atoms with Crippen molar-refractivity contribution in [1.29, 1.82) is 0 Å². The second kappa shape index (κ2) is 5.66. The van der Waals surface area contributed by atoms with Gasteiger partial charge in [-0.2, -0.15) is 0 Å². The third kappa shape index (κ3) is 2.81. The summed E-state index contributed by atoms with van der Waals surface area (Å²) in [6, 6.07) is 10.1. The number of ketones is 1. The number of hydrogen-bond donors (Lipinski definition) is 0. The third-order valence-corrected chi connectivity index (χ3v) is 4.12. The zero-order chi connectivity index (χ0) is 13.1. The minimum atomic E-state index is -0.00472. The number of rotatable bonds is 3. The van der Waals surface area contributed by atoms with Gasteiger partial charge in [0.1, 0.15) is 0 Å². The van der Waals surface area contributed by atoms with E-state index >= 15 is 0 Å². The van der Waals surface area contributed by atoms with E-state index in [1.807, 2.05) is 37.3 Å². The molecule has 0 saturated carbocycles. The Morgan fingerprint density at radius 2 is 1.94 bits per heavy atom. The molecule has 1 saturated heterocycles. The highest BCUT2D eigenvalue weighted by atomic mass is 16.1. The van der Waals surface area contributed by atoms with Crippen molar-refractivity contribution >= 4 is 5.78 Å². The van der Waals surface area contributed by atoms with Crippen LogP contribution in [0.15, 0.2) is 30.3 Å². The summed E-state index contributed by atoms with van der Waals surface area (Å²) in [5.41, 5.74) is 0.829. The first-order chi connectivity index (χ1) is 8.59. The molecular weight excluding hydrogens is 222 g/mol. The lowest BCUT2D eigenvalue weighted by Crippen LogP contribution is -2.48. The summed E-state index contributed by atoms with van der Waals surface area (Å²) in [6.07, 6.45) is 2.41. The molecule has 2 heteroatoms. The molecule has 1 aromatic carbocycles. The number of carbonyl (C=O) groups is 1. The lowest BCUT2D eigenvalue weighted by Gasteiger charge is -2.39. The van der Waals surface area contributed by atoms with Crippen LogP contribution in [0.2, 0.25) is 0 Å². The molecule has 1 fully saturated rings. The predicted octanol–water partition coefficient (Wildman–Crippen LogP) is 3.38. The highest BCUT2D eigenvalue weighted by molar-refractivity contribution is 5.99. The van der Waals surface area contributed by atoms with E-state index < -0.39 is 0 Å². The molecule has 0 spiro atoms. The van der Waals surface area contributed by atoms with Crippen LogP contribution in [-0.2, 0) is 0 Å². The molecule has 0 bridgehead atoms. The van der Waals surface area contributed by atoms with E-state index in [0.717, 1.165) is 18.0 Å². The Morgan fingerprint density at radius 3 is 2.56 bits per heavy atom. The molecule has 3 atom stereocenters. The molecule has 0 aromatic heterocycles. The Labute approximate surface area is 110 Å². The number of likely N-dealkylation sites (tertiary alicyclic amines) is 1. The summed E-state index contributed by atoms with van der Waals surface area (Å²) in [5, 5.41) is 0. The Morgan fingerprint density at radius 1 is 1.28 bits per heavy atom. The molecule has 2 rings (SSSR count). The Kier molecular flexibility index (Phi) is 4.18. The largest absolute Gasteiger partial charge is 0.292 e. The van der Waals surface area contributed by atoms with Gasteiger partial charge in [-0.15, -0.1) is 0 Å². The average molecular weight is 245 g/mol. The van der Waals surface area contributed by atoms with Crippen LogP contribution >= 0.6 is 0 Å². The molecule has 18 heavy (non-hydrogen) atoms. The highest BCUT2D eigenvalue weighted by Gasteiger charge is 2.30. The van der Waals surface area contributed by atoms with Gasteiger partial charge in [-0.1, -0.05) is 37.3 Å². The SMILES string of the molecule is CC1CCN(C(C)C(=O)c2ccccc2)C(C)C1. The first-order valence-electron chi connectivity index (χ1n) is 6.94. The Hall–Kier alpha value is -1.15. The lowest BCUT2D eigenvalue weighted by atomic mass is 9.91. The molecule has 2 nitrogen and oxygen atoms in total. The fraction of sp³-hybridized carbons (Fsp3) is 0.562. The monoisotopic (exact) mass is 245 g/mol. The van der Waals surface area contributed by atoms with E-state index in [2.05, 4.69) is 18.7 Å². The molecule has 0 radical (unpaired) electrons. The van der Waals surface area contributed by atoms with Crippen LogP contribution < -0.4 is 0 Å². The van der Waals surface area contributed by atoms with Crippen LogP contribution in [-0.4, -0.2) is 29.3 Å². The van der Waals surface area contributed by atoms with Gasteiger partial charge in [-0.3, -0.25) is 9.69 Å². The van der Waals surface area contributed by atoms with Crippen LogP contribution in [0.5, 0.6) is 0 Å². The zero-order valence-corrected chi connectivity index (χ0v) is 11.6.